The van der Waals surface area contributed by atoms with Gasteiger partial charge in [-0.05, 0) is 43.6 Å². The van der Waals surface area contributed by atoms with Crippen LogP contribution < -0.4 is 5.32 Å². The van der Waals surface area contributed by atoms with Crippen molar-refractivity contribution < 1.29 is 14.6 Å². The molecule has 0 heterocycles. The van der Waals surface area contributed by atoms with Gasteiger partial charge in [0.25, 0.3) is 0 Å². The molecule has 3 rings (SSSR count). The molecule has 2 fully saturated rings. The number of carbonyl (C=O) groups is 1. The fourth-order valence-corrected chi connectivity index (χ4v) is 2.82. The van der Waals surface area contributed by atoms with Crippen LogP contribution in [-0.2, 0) is 9.53 Å². The van der Waals surface area contributed by atoms with Crippen LogP contribution in [0.25, 0.3) is 0 Å². The van der Waals surface area contributed by atoms with Crippen molar-refractivity contribution in [1.29, 1.82) is 0 Å². The smallest absolute Gasteiger partial charge is 0.223 e. The van der Waals surface area contributed by atoms with E-state index in [0.717, 1.165) is 13.0 Å². The third kappa shape index (κ3) is 4.31. The van der Waals surface area contributed by atoms with Crippen molar-refractivity contribution in [3.63, 3.8) is 0 Å². The van der Waals surface area contributed by atoms with Gasteiger partial charge in [-0.2, -0.15) is 0 Å². The minimum Gasteiger partial charge on any atom is -0.389 e. The van der Waals surface area contributed by atoms with E-state index in [9.17, 15) is 9.90 Å². The lowest BCUT2D eigenvalue weighted by molar-refractivity contribution is -0.123. The first-order valence-electron chi connectivity index (χ1n) is 8.23. The van der Waals surface area contributed by atoms with E-state index in [1.807, 2.05) is 6.07 Å². The third-order valence-corrected chi connectivity index (χ3v) is 4.47. The number of nitrogens with one attached hydrogen (secondary N) is 1. The molecule has 3 atom stereocenters. The zero-order valence-corrected chi connectivity index (χ0v) is 13.1. The van der Waals surface area contributed by atoms with Gasteiger partial charge in [0, 0.05) is 19.1 Å². The Morgan fingerprint density at radius 1 is 1.45 bits per heavy atom. The molecule has 0 saturated heterocycles. The summed E-state index contributed by atoms with van der Waals surface area (Å²) in [5.41, 5.74) is 2.47. The van der Waals surface area contributed by atoms with Crippen molar-refractivity contribution in [3.8, 4) is 0 Å². The molecule has 4 nitrogen and oxygen atoms in total. The lowest BCUT2D eigenvalue weighted by Crippen LogP contribution is -2.35. The molecular weight excluding hydrogens is 278 g/mol. The summed E-state index contributed by atoms with van der Waals surface area (Å²) in [6.45, 7) is 3.39. The van der Waals surface area contributed by atoms with Crippen molar-refractivity contribution in [1.82, 2.24) is 5.32 Å². The summed E-state index contributed by atoms with van der Waals surface area (Å²) in [4.78, 5) is 12.1. The van der Waals surface area contributed by atoms with Gasteiger partial charge in [-0.25, -0.2) is 0 Å². The largest absolute Gasteiger partial charge is 0.389 e. The molecule has 22 heavy (non-hydrogen) atoms. The molecule has 2 N–H and O–H groups in total. The number of aliphatic hydroxyl groups excluding tert-OH is 1. The highest BCUT2D eigenvalue weighted by Gasteiger charge is 2.43. The summed E-state index contributed by atoms with van der Waals surface area (Å²) < 4.78 is 5.43. The molecule has 0 aliphatic heterocycles. The Balaban J connectivity index is 1.36. The summed E-state index contributed by atoms with van der Waals surface area (Å²) in [7, 11) is 0. The number of carbonyl (C=O) groups excluding carboxylic acids is 1. The highest BCUT2D eigenvalue weighted by atomic mass is 16.5. The SMILES string of the molecule is Cc1cccc([C@@H]2C[C@@H]2C(=O)NC[C@H](O)COCC2CC2)c1. The van der Waals surface area contributed by atoms with Crippen LogP contribution in [0.4, 0.5) is 0 Å². The van der Waals surface area contributed by atoms with Crippen LogP contribution in [0.15, 0.2) is 24.3 Å². The van der Waals surface area contributed by atoms with Crippen LogP contribution in [0.5, 0.6) is 0 Å². The van der Waals surface area contributed by atoms with Crippen molar-refractivity contribution in [2.24, 2.45) is 11.8 Å². The van der Waals surface area contributed by atoms with Gasteiger partial charge in [-0.1, -0.05) is 29.8 Å². The molecule has 120 valence electrons. The lowest BCUT2D eigenvalue weighted by Gasteiger charge is -2.12. The van der Waals surface area contributed by atoms with Crippen LogP contribution in [-0.4, -0.2) is 36.9 Å². The lowest BCUT2D eigenvalue weighted by atomic mass is 10.1. The van der Waals surface area contributed by atoms with E-state index in [1.165, 1.54) is 24.0 Å². The predicted octanol–water partition coefficient (Wildman–Crippen LogP) is 2.00. The van der Waals surface area contributed by atoms with Gasteiger partial charge < -0.3 is 15.2 Å². The molecule has 4 heteroatoms. The van der Waals surface area contributed by atoms with E-state index in [1.54, 1.807) is 0 Å². The molecule has 1 amide bonds. The topological polar surface area (TPSA) is 58.6 Å². The minimum absolute atomic E-state index is 0.0488. The first kappa shape index (κ1) is 15.5. The summed E-state index contributed by atoms with van der Waals surface area (Å²) in [6.07, 6.45) is 2.78. The van der Waals surface area contributed by atoms with Gasteiger partial charge in [0.1, 0.15) is 0 Å². The molecule has 2 aliphatic carbocycles. The Labute approximate surface area is 131 Å². The van der Waals surface area contributed by atoms with E-state index < -0.39 is 6.10 Å². The number of benzene rings is 1. The number of hydrogen-bond acceptors (Lipinski definition) is 3. The highest BCUT2D eigenvalue weighted by molar-refractivity contribution is 5.82. The monoisotopic (exact) mass is 303 g/mol. The molecular formula is C18H25NO3. The van der Waals surface area contributed by atoms with Crippen molar-refractivity contribution in [2.75, 3.05) is 19.8 Å². The maximum Gasteiger partial charge on any atom is 0.223 e. The van der Waals surface area contributed by atoms with Crippen LogP contribution in [0.1, 0.15) is 36.3 Å². The second kappa shape index (κ2) is 6.80. The van der Waals surface area contributed by atoms with E-state index >= 15 is 0 Å². The van der Waals surface area contributed by atoms with E-state index in [4.69, 9.17) is 4.74 Å². The van der Waals surface area contributed by atoms with Crippen LogP contribution in [0, 0.1) is 18.8 Å². The second-order valence-electron chi connectivity index (χ2n) is 6.74. The molecule has 1 aromatic carbocycles. The van der Waals surface area contributed by atoms with Crippen LogP contribution in [0.2, 0.25) is 0 Å². The number of aliphatic hydroxyl groups is 1. The Morgan fingerprint density at radius 3 is 3.00 bits per heavy atom. The first-order valence-corrected chi connectivity index (χ1v) is 8.23. The normalized spacial score (nSPS) is 24.8. The maximum atomic E-state index is 12.1. The Hall–Kier alpha value is -1.39. The van der Waals surface area contributed by atoms with Crippen molar-refractivity contribution in [3.05, 3.63) is 35.4 Å². The molecule has 0 radical (unpaired) electrons. The molecule has 2 aliphatic rings. The maximum absolute atomic E-state index is 12.1. The Morgan fingerprint density at radius 2 is 2.27 bits per heavy atom. The van der Waals surface area contributed by atoms with E-state index in [0.29, 0.717) is 18.4 Å². The Kier molecular flexibility index (Phi) is 4.79. The number of aryl methyl sites for hydroxylation is 1. The molecule has 0 aromatic heterocycles. The van der Waals surface area contributed by atoms with Crippen LogP contribution in [0.3, 0.4) is 0 Å². The Bertz CT molecular complexity index is 527. The predicted molar refractivity (Wildman–Crippen MR) is 84.6 cm³/mol. The number of amides is 1. The number of rotatable bonds is 8. The third-order valence-electron chi connectivity index (χ3n) is 4.47. The molecule has 2 saturated carbocycles. The fourth-order valence-electron chi connectivity index (χ4n) is 2.82. The zero-order valence-electron chi connectivity index (χ0n) is 13.1. The average Bonchev–Trinajstić information content (AvgIpc) is 3.37. The van der Waals surface area contributed by atoms with Gasteiger partial charge in [0.15, 0.2) is 0 Å². The number of ether oxygens (including phenoxy) is 1. The van der Waals surface area contributed by atoms with Crippen molar-refractivity contribution in [2.45, 2.75) is 38.2 Å². The van der Waals surface area contributed by atoms with E-state index in [2.05, 4.69) is 30.4 Å². The van der Waals surface area contributed by atoms with Gasteiger partial charge >= 0.3 is 0 Å². The fraction of sp³-hybridized carbons (Fsp3) is 0.611. The standard InChI is InChI=1S/C18H25NO3/c1-12-3-2-4-14(7-12)16-8-17(16)18(21)19-9-15(20)11-22-10-13-5-6-13/h2-4,7,13,15-17,20H,5-6,8-11H2,1H3,(H,19,21)/t15-,16-,17-/m0/s1. The molecule has 1 aromatic rings. The van der Waals surface area contributed by atoms with Gasteiger partial charge in [0.2, 0.25) is 5.91 Å². The molecule has 0 unspecified atom stereocenters. The highest BCUT2D eigenvalue weighted by Crippen LogP contribution is 2.47. The molecule has 0 bridgehead atoms. The quantitative estimate of drug-likeness (QED) is 0.772. The van der Waals surface area contributed by atoms with Gasteiger partial charge in [-0.15, -0.1) is 0 Å². The van der Waals surface area contributed by atoms with Crippen LogP contribution >= 0.6 is 0 Å². The average molecular weight is 303 g/mol. The summed E-state index contributed by atoms with van der Waals surface area (Å²) in [6, 6.07) is 8.35. The molecule has 0 spiro atoms. The summed E-state index contributed by atoms with van der Waals surface area (Å²) in [5.74, 6) is 1.14. The summed E-state index contributed by atoms with van der Waals surface area (Å²) >= 11 is 0. The van der Waals surface area contributed by atoms with Gasteiger partial charge in [0.05, 0.1) is 12.7 Å². The minimum atomic E-state index is -0.612. The zero-order chi connectivity index (χ0) is 15.5. The summed E-state index contributed by atoms with van der Waals surface area (Å²) in [5, 5.41) is 12.7. The van der Waals surface area contributed by atoms with Gasteiger partial charge in [-0.3, -0.25) is 4.79 Å². The van der Waals surface area contributed by atoms with E-state index in [-0.39, 0.29) is 18.4 Å². The van der Waals surface area contributed by atoms with Crippen molar-refractivity contribution >= 4 is 5.91 Å². The second-order valence-corrected chi connectivity index (χ2v) is 6.74. The number of hydrogen-bond donors (Lipinski definition) is 2. The first-order chi connectivity index (χ1) is 10.6.